The highest BCUT2D eigenvalue weighted by Gasteiger charge is 2.21. The molecule has 1 amide bonds. The van der Waals surface area contributed by atoms with Crippen LogP contribution in [-0.4, -0.2) is 21.3 Å². The van der Waals surface area contributed by atoms with Crippen molar-refractivity contribution < 1.29 is 4.79 Å². The van der Waals surface area contributed by atoms with Crippen molar-refractivity contribution in [3.05, 3.63) is 53.9 Å². The number of amides is 1. The van der Waals surface area contributed by atoms with E-state index < -0.39 is 11.8 Å². The van der Waals surface area contributed by atoms with Crippen LogP contribution < -0.4 is 5.73 Å². The van der Waals surface area contributed by atoms with Gasteiger partial charge in [-0.25, -0.2) is 0 Å². The van der Waals surface area contributed by atoms with Crippen LogP contribution in [0.1, 0.15) is 17.2 Å². The van der Waals surface area contributed by atoms with Gasteiger partial charge in [0.25, 0.3) is 0 Å². The average molecular weight is 214 g/mol. The van der Waals surface area contributed by atoms with E-state index in [-0.39, 0.29) is 0 Å². The van der Waals surface area contributed by atoms with Gasteiger partial charge in [0.1, 0.15) is 5.92 Å². The van der Waals surface area contributed by atoms with Crippen molar-refractivity contribution in [3.8, 4) is 0 Å². The molecule has 0 aliphatic rings. The molecule has 0 radical (unpaired) electrons. The summed E-state index contributed by atoms with van der Waals surface area (Å²) in [4.78, 5) is 11.4. The largest absolute Gasteiger partial charge is 0.369 e. The summed E-state index contributed by atoms with van der Waals surface area (Å²) in [7, 11) is 0. The Hall–Kier alpha value is -2.30. The fraction of sp³-hybridized carbons (Fsp3) is 0.0909. The van der Waals surface area contributed by atoms with Gasteiger partial charge >= 0.3 is 0 Å². The lowest BCUT2D eigenvalue weighted by Gasteiger charge is -2.11. The second kappa shape index (κ2) is 4.48. The van der Waals surface area contributed by atoms with E-state index in [1.807, 2.05) is 30.3 Å². The highest BCUT2D eigenvalue weighted by molar-refractivity contribution is 5.84. The summed E-state index contributed by atoms with van der Waals surface area (Å²) in [6, 6.07) is 10.9. The first kappa shape index (κ1) is 10.2. The zero-order chi connectivity index (χ0) is 11.4. The molecule has 0 spiro atoms. The minimum Gasteiger partial charge on any atom is -0.369 e. The third kappa shape index (κ3) is 2.03. The summed E-state index contributed by atoms with van der Waals surface area (Å²) in [5, 5.41) is 10.9. The van der Waals surface area contributed by atoms with Gasteiger partial charge in [-0.15, -0.1) is 10.2 Å². The van der Waals surface area contributed by atoms with E-state index in [1.165, 1.54) is 6.20 Å². The number of carbonyl (C=O) groups excluding carboxylic acids is 1. The van der Waals surface area contributed by atoms with E-state index in [2.05, 4.69) is 15.4 Å². The molecule has 0 aliphatic carbocycles. The van der Waals surface area contributed by atoms with Crippen LogP contribution in [0.15, 0.2) is 42.6 Å². The second-order valence-corrected chi connectivity index (χ2v) is 3.29. The zero-order valence-corrected chi connectivity index (χ0v) is 8.45. The summed E-state index contributed by atoms with van der Waals surface area (Å²) >= 11 is 0. The zero-order valence-electron chi connectivity index (χ0n) is 8.45. The van der Waals surface area contributed by atoms with Gasteiger partial charge in [-0.05, 0) is 16.8 Å². The van der Waals surface area contributed by atoms with Gasteiger partial charge < -0.3 is 5.73 Å². The van der Waals surface area contributed by atoms with E-state index in [9.17, 15) is 4.79 Å². The Morgan fingerprint density at radius 3 is 2.50 bits per heavy atom. The summed E-state index contributed by atoms with van der Waals surface area (Å²) < 4.78 is 0. The van der Waals surface area contributed by atoms with Crippen LogP contribution in [0, 0.1) is 0 Å². The molecule has 0 aliphatic heterocycles. The monoisotopic (exact) mass is 214 g/mol. The average Bonchev–Trinajstić information content (AvgIpc) is 2.31. The summed E-state index contributed by atoms with van der Waals surface area (Å²) in [5.41, 5.74) is 6.68. The number of hydrogen-bond donors (Lipinski definition) is 1. The van der Waals surface area contributed by atoms with E-state index in [1.54, 1.807) is 6.07 Å². The lowest BCUT2D eigenvalue weighted by Crippen LogP contribution is -2.23. The van der Waals surface area contributed by atoms with Crippen LogP contribution >= 0.6 is 0 Å². The number of primary amides is 1. The van der Waals surface area contributed by atoms with Crippen molar-refractivity contribution in [1.82, 2.24) is 15.4 Å². The van der Waals surface area contributed by atoms with Crippen LogP contribution in [0.5, 0.6) is 0 Å². The fourth-order valence-electron chi connectivity index (χ4n) is 1.53. The Kier molecular flexibility index (Phi) is 2.86. The first-order valence-corrected chi connectivity index (χ1v) is 4.77. The lowest BCUT2D eigenvalue weighted by molar-refractivity contribution is -0.118. The standard InChI is InChI=1S/C11H10N4O/c12-11(16)10(8-4-2-1-3-5-8)9-6-7-13-15-14-9/h1-7,10H,(H2,12,16). The molecule has 1 aromatic heterocycles. The van der Waals surface area contributed by atoms with Gasteiger partial charge in [0.15, 0.2) is 0 Å². The molecule has 5 nitrogen and oxygen atoms in total. The Balaban J connectivity index is 2.44. The van der Waals surface area contributed by atoms with Crippen molar-refractivity contribution >= 4 is 5.91 Å². The Morgan fingerprint density at radius 1 is 1.19 bits per heavy atom. The highest BCUT2D eigenvalue weighted by Crippen LogP contribution is 2.21. The molecular formula is C11H10N4O. The van der Waals surface area contributed by atoms with Crippen LogP contribution in [0.3, 0.4) is 0 Å². The van der Waals surface area contributed by atoms with Crippen LogP contribution in [0.25, 0.3) is 0 Å². The Morgan fingerprint density at radius 2 is 1.94 bits per heavy atom. The first-order chi connectivity index (χ1) is 7.79. The van der Waals surface area contributed by atoms with E-state index in [4.69, 9.17) is 5.73 Å². The number of aromatic nitrogens is 3. The topological polar surface area (TPSA) is 81.8 Å². The third-order valence-electron chi connectivity index (χ3n) is 2.24. The number of rotatable bonds is 3. The molecule has 0 bridgehead atoms. The van der Waals surface area contributed by atoms with Crippen molar-refractivity contribution in [2.24, 2.45) is 5.73 Å². The van der Waals surface area contributed by atoms with Gasteiger partial charge in [0.2, 0.25) is 5.91 Å². The van der Waals surface area contributed by atoms with Gasteiger partial charge in [-0.2, -0.15) is 0 Å². The van der Waals surface area contributed by atoms with Crippen LogP contribution in [0.2, 0.25) is 0 Å². The number of carbonyl (C=O) groups is 1. The van der Waals surface area contributed by atoms with Crippen LogP contribution in [0.4, 0.5) is 0 Å². The molecule has 1 aromatic carbocycles. The first-order valence-electron chi connectivity index (χ1n) is 4.77. The maximum atomic E-state index is 11.4. The molecule has 0 saturated heterocycles. The predicted molar refractivity (Wildman–Crippen MR) is 57.3 cm³/mol. The smallest absolute Gasteiger partial charge is 0.231 e. The van der Waals surface area contributed by atoms with Crippen molar-refractivity contribution in [2.45, 2.75) is 5.92 Å². The molecule has 2 N–H and O–H groups in total. The van der Waals surface area contributed by atoms with Crippen molar-refractivity contribution in [2.75, 3.05) is 0 Å². The molecule has 1 unspecified atom stereocenters. The van der Waals surface area contributed by atoms with Crippen molar-refractivity contribution in [1.29, 1.82) is 0 Å². The summed E-state index contributed by atoms with van der Waals surface area (Å²) in [6.07, 6.45) is 1.49. The molecule has 0 fully saturated rings. The van der Waals surface area contributed by atoms with Gasteiger partial charge in [-0.3, -0.25) is 4.79 Å². The fourth-order valence-corrected chi connectivity index (χ4v) is 1.53. The van der Waals surface area contributed by atoms with Gasteiger partial charge in [0.05, 0.1) is 11.9 Å². The minimum atomic E-state index is -0.573. The van der Waals surface area contributed by atoms with E-state index in [0.29, 0.717) is 5.69 Å². The van der Waals surface area contributed by atoms with Crippen LogP contribution in [-0.2, 0) is 4.79 Å². The highest BCUT2D eigenvalue weighted by atomic mass is 16.1. The molecule has 1 heterocycles. The lowest BCUT2D eigenvalue weighted by atomic mass is 9.95. The predicted octanol–water partition coefficient (Wildman–Crippen LogP) is 0.489. The SMILES string of the molecule is NC(=O)C(c1ccccc1)c1ccnnn1. The molecule has 5 heteroatoms. The molecule has 2 rings (SSSR count). The number of nitrogens with zero attached hydrogens (tertiary/aromatic N) is 3. The summed E-state index contributed by atoms with van der Waals surface area (Å²) in [5.74, 6) is -1.02. The Bertz CT molecular complexity index is 432. The molecule has 2 aromatic rings. The molecular weight excluding hydrogens is 204 g/mol. The normalized spacial score (nSPS) is 12.0. The maximum absolute atomic E-state index is 11.4. The van der Waals surface area contributed by atoms with Gasteiger partial charge in [0, 0.05) is 0 Å². The molecule has 1 atom stereocenters. The third-order valence-corrected chi connectivity index (χ3v) is 2.24. The summed E-state index contributed by atoms with van der Waals surface area (Å²) in [6.45, 7) is 0. The number of benzene rings is 1. The molecule has 16 heavy (non-hydrogen) atoms. The number of nitrogens with two attached hydrogens (primary N) is 1. The minimum absolute atomic E-state index is 0.452. The van der Waals surface area contributed by atoms with E-state index >= 15 is 0 Å². The molecule has 80 valence electrons. The maximum Gasteiger partial charge on any atom is 0.231 e. The number of hydrogen-bond acceptors (Lipinski definition) is 4. The van der Waals surface area contributed by atoms with Crippen molar-refractivity contribution in [3.63, 3.8) is 0 Å². The Labute approximate surface area is 92.3 Å². The van der Waals surface area contributed by atoms with E-state index in [0.717, 1.165) is 5.56 Å². The quantitative estimate of drug-likeness (QED) is 0.806. The van der Waals surface area contributed by atoms with Gasteiger partial charge in [-0.1, -0.05) is 30.3 Å². The molecule has 0 saturated carbocycles. The second-order valence-electron chi connectivity index (χ2n) is 3.29.